The first-order valence-electron chi connectivity index (χ1n) is 6.66. The summed E-state index contributed by atoms with van der Waals surface area (Å²) in [5.74, 6) is -1.57. The molecule has 114 valence electrons. The summed E-state index contributed by atoms with van der Waals surface area (Å²) in [6.07, 6.45) is 3.42. The smallest absolute Gasteiger partial charge is 0.341 e. The van der Waals surface area contributed by atoms with Gasteiger partial charge < -0.3 is 14.8 Å². The van der Waals surface area contributed by atoms with Crippen molar-refractivity contribution in [2.24, 2.45) is 0 Å². The van der Waals surface area contributed by atoms with Crippen LogP contribution in [0.4, 0.5) is 5.00 Å². The Labute approximate surface area is 126 Å². The Morgan fingerprint density at radius 3 is 2.52 bits per heavy atom. The number of anilines is 1. The van der Waals surface area contributed by atoms with Gasteiger partial charge >= 0.3 is 11.9 Å². The molecular formula is C14H17NO5S. The number of aryl methyl sites for hydroxylation is 1. The van der Waals surface area contributed by atoms with Crippen molar-refractivity contribution in [3.63, 3.8) is 0 Å². The molecule has 1 aliphatic carbocycles. The molecule has 0 atom stereocenters. The van der Waals surface area contributed by atoms with Crippen molar-refractivity contribution < 1.29 is 23.9 Å². The molecule has 0 unspecified atom stereocenters. The van der Waals surface area contributed by atoms with E-state index in [0.29, 0.717) is 10.6 Å². The maximum Gasteiger partial charge on any atom is 0.341 e. The Balaban J connectivity index is 2.26. The highest BCUT2D eigenvalue weighted by Gasteiger charge is 2.27. The van der Waals surface area contributed by atoms with Gasteiger partial charge in [-0.1, -0.05) is 0 Å². The standard InChI is InChI=1S/C14H17NO5S/c1-19-11(17)7-10(16)15-13-12(14(18)20-2)8-5-3-4-6-9(8)21-13/h3-7H2,1-2H3,(H,15,16). The van der Waals surface area contributed by atoms with Crippen molar-refractivity contribution in [2.75, 3.05) is 19.5 Å². The van der Waals surface area contributed by atoms with Crippen molar-refractivity contribution in [1.29, 1.82) is 0 Å². The molecule has 0 spiro atoms. The van der Waals surface area contributed by atoms with Gasteiger partial charge in [-0.3, -0.25) is 9.59 Å². The Kier molecular flexibility index (Phi) is 4.95. The Morgan fingerprint density at radius 1 is 1.14 bits per heavy atom. The first-order valence-corrected chi connectivity index (χ1v) is 7.48. The molecule has 0 aliphatic heterocycles. The lowest BCUT2D eigenvalue weighted by atomic mass is 9.95. The van der Waals surface area contributed by atoms with E-state index in [0.717, 1.165) is 36.1 Å². The highest BCUT2D eigenvalue weighted by Crippen LogP contribution is 2.38. The second-order valence-corrected chi connectivity index (χ2v) is 5.81. The summed E-state index contributed by atoms with van der Waals surface area (Å²) in [6.45, 7) is 0. The van der Waals surface area contributed by atoms with E-state index in [9.17, 15) is 14.4 Å². The summed E-state index contributed by atoms with van der Waals surface area (Å²) in [6, 6.07) is 0. The Morgan fingerprint density at radius 2 is 1.86 bits per heavy atom. The summed E-state index contributed by atoms with van der Waals surface area (Å²) in [5, 5.41) is 3.09. The number of amides is 1. The summed E-state index contributed by atoms with van der Waals surface area (Å²) >= 11 is 1.38. The van der Waals surface area contributed by atoms with Crippen LogP contribution in [0.2, 0.25) is 0 Å². The van der Waals surface area contributed by atoms with Crippen LogP contribution in [0, 0.1) is 0 Å². The van der Waals surface area contributed by atoms with E-state index in [-0.39, 0.29) is 6.42 Å². The van der Waals surface area contributed by atoms with Crippen LogP contribution in [0.25, 0.3) is 0 Å². The van der Waals surface area contributed by atoms with Crippen LogP contribution in [0.1, 0.15) is 40.1 Å². The van der Waals surface area contributed by atoms with Gasteiger partial charge in [-0.25, -0.2) is 4.79 Å². The quantitative estimate of drug-likeness (QED) is 0.678. The van der Waals surface area contributed by atoms with E-state index >= 15 is 0 Å². The van der Waals surface area contributed by atoms with E-state index in [2.05, 4.69) is 10.1 Å². The van der Waals surface area contributed by atoms with Crippen molar-refractivity contribution in [3.05, 3.63) is 16.0 Å². The average molecular weight is 311 g/mol. The van der Waals surface area contributed by atoms with Gasteiger partial charge in [-0.2, -0.15) is 0 Å². The number of hydrogen-bond acceptors (Lipinski definition) is 6. The van der Waals surface area contributed by atoms with E-state index in [1.54, 1.807) is 0 Å². The molecule has 0 saturated carbocycles. The molecule has 1 aliphatic rings. The molecule has 1 amide bonds. The fourth-order valence-corrected chi connectivity index (χ4v) is 3.64. The zero-order valence-electron chi connectivity index (χ0n) is 12.0. The van der Waals surface area contributed by atoms with Crippen LogP contribution in [-0.4, -0.2) is 32.1 Å². The van der Waals surface area contributed by atoms with Crippen LogP contribution in [-0.2, 0) is 31.9 Å². The predicted molar refractivity (Wildman–Crippen MR) is 77.6 cm³/mol. The van der Waals surface area contributed by atoms with Gasteiger partial charge in [0.25, 0.3) is 0 Å². The maximum absolute atomic E-state index is 12.0. The van der Waals surface area contributed by atoms with Gasteiger partial charge in [0.2, 0.25) is 5.91 Å². The summed E-state index contributed by atoms with van der Waals surface area (Å²) in [5.41, 5.74) is 1.39. The molecule has 0 saturated heterocycles. The lowest BCUT2D eigenvalue weighted by Gasteiger charge is -2.11. The number of ether oxygens (including phenoxy) is 2. The minimum absolute atomic E-state index is 0.375. The lowest BCUT2D eigenvalue weighted by molar-refractivity contribution is -0.142. The molecule has 21 heavy (non-hydrogen) atoms. The highest BCUT2D eigenvalue weighted by atomic mass is 32.1. The highest BCUT2D eigenvalue weighted by molar-refractivity contribution is 7.17. The molecule has 0 bridgehead atoms. The number of fused-ring (bicyclic) bond motifs is 1. The van der Waals surface area contributed by atoms with Crippen LogP contribution in [0.15, 0.2) is 0 Å². The first-order chi connectivity index (χ1) is 10.1. The number of rotatable bonds is 4. The summed E-state index contributed by atoms with van der Waals surface area (Å²) < 4.78 is 9.26. The zero-order valence-corrected chi connectivity index (χ0v) is 12.8. The molecule has 0 fully saturated rings. The van der Waals surface area contributed by atoms with Gasteiger partial charge in [0.05, 0.1) is 19.8 Å². The first kappa shape index (κ1) is 15.5. The van der Waals surface area contributed by atoms with Gasteiger partial charge in [-0.05, 0) is 31.2 Å². The van der Waals surface area contributed by atoms with Gasteiger partial charge in [0.15, 0.2) is 0 Å². The van der Waals surface area contributed by atoms with E-state index < -0.39 is 17.8 Å². The fourth-order valence-electron chi connectivity index (χ4n) is 2.35. The minimum atomic E-state index is -0.617. The van der Waals surface area contributed by atoms with Crippen molar-refractivity contribution in [2.45, 2.75) is 32.1 Å². The molecule has 1 aromatic rings. The average Bonchev–Trinajstić information content (AvgIpc) is 2.83. The molecule has 7 heteroatoms. The van der Waals surface area contributed by atoms with Gasteiger partial charge in [0.1, 0.15) is 11.4 Å². The third-order valence-corrected chi connectivity index (χ3v) is 4.55. The summed E-state index contributed by atoms with van der Waals surface area (Å²) in [4.78, 5) is 36.0. The van der Waals surface area contributed by atoms with Crippen molar-refractivity contribution >= 4 is 34.2 Å². The number of hydrogen-bond donors (Lipinski definition) is 1. The largest absolute Gasteiger partial charge is 0.469 e. The Hall–Kier alpha value is -1.89. The molecule has 0 aromatic carbocycles. The van der Waals surface area contributed by atoms with Gasteiger partial charge in [0, 0.05) is 4.88 Å². The third-order valence-electron chi connectivity index (χ3n) is 3.35. The normalized spacial score (nSPS) is 13.2. The third kappa shape index (κ3) is 3.41. The zero-order chi connectivity index (χ0) is 15.4. The van der Waals surface area contributed by atoms with Gasteiger partial charge in [-0.15, -0.1) is 11.3 Å². The fraction of sp³-hybridized carbons (Fsp3) is 0.500. The van der Waals surface area contributed by atoms with Crippen LogP contribution in [0.3, 0.4) is 0 Å². The van der Waals surface area contributed by atoms with Crippen LogP contribution >= 0.6 is 11.3 Å². The number of esters is 2. The number of methoxy groups -OCH3 is 2. The molecule has 6 nitrogen and oxygen atoms in total. The minimum Gasteiger partial charge on any atom is -0.469 e. The molecule has 1 aromatic heterocycles. The SMILES string of the molecule is COC(=O)CC(=O)Nc1sc2c(c1C(=O)OC)CCCC2. The maximum atomic E-state index is 12.0. The predicted octanol–water partition coefficient (Wildman–Crippen LogP) is 1.92. The molecule has 0 radical (unpaired) electrons. The van der Waals surface area contributed by atoms with Crippen molar-refractivity contribution in [3.8, 4) is 0 Å². The number of nitrogens with one attached hydrogen (secondary N) is 1. The monoisotopic (exact) mass is 311 g/mol. The van der Waals surface area contributed by atoms with E-state index in [4.69, 9.17) is 4.74 Å². The second kappa shape index (κ2) is 6.71. The molecule has 2 rings (SSSR count). The topological polar surface area (TPSA) is 81.7 Å². The van der Waals surface area contributed by atoms with E-state index in [1.807, 2.05) is 0 Å². The second-order valence-electron chi connectivity index (χ2n) is 4.71. The lowest BCUT2D eigenvalue weighted by Crippen LogP contribution is -2.18. The van der Waals surface area contributed by atoms with Crippen molar-refractivity contribution in [1.82, 2.24) is 0 Å². The number of carbonyl (C=O) groups is 3. The molecular weight excluding hydrogens is 294 g/mol. The molecule has 1 heterocycles. The molecule has 1 N–H and O–H groups in total. The van der Waals surface area contributed by atoms with E-state index in [1.165, 1.54) is 25.6 Å². The number of thiophene rings is 1. The number of carbonyl (C=O) groups excluding carboxylic acids is 3. The van der Waals surface area contributed by atoms with Crippen LogP contribution < -0.4 is 5.32 Å². The summed E-state index contributed by atoms with van der Waals surface area (Å²) in [7, 11) is 2.54. The Bertz CT molecular complexity index is 578. The van der Waals surface area contributed by atoms with Crippen LogP contribution in [0.5, 0.6) is 0 Å².